The minimum absolute atomic E-state index is 0.279. The molecule has 0 amide bonds. The van der Waals surface area contributed by atoms with Crippen molar-refractivity contribution in [2.45, 2.75) is 40.5 Å². The minimum Gasteiger partial charge on any atom is -0.493 e. The number of carbonyl (C=O) groups is 1. The van der Waals surface area contributed by atoms with E-state index >= 15 is 0 Å². The summed E-state index contributed by atoms with van der Waals surface area (Å²) in [5.41, 5.74) is 4.99. The van der Waals surface area contributed by atoms with E-state index in [0.717, 1.165) is 45.9 Å². The van der Waals surface area contributed by atoms with Crippen LogP contribution in [0.1, 0.15) is 47.3 Å². The first-order chi connectivity index (χ1) is 13.0. The van der Waals surface area contributed by atoms with Gasteiger partial charge in [0.05, 0.1) is 26.4 Å². The number of hydrogen-bond donors (Lipinski definition) is 0. The summed E-state index contributed by atoms with van der Waals surface area (Å²) in [5.74, 6) is 0.963. The number of rotatable bonds is 6. The molecule has 1 aromatic heterocycles. The number of aryl methyl sites for hydroxylation is 2. The smallest absolute Gasteiger partial charge is 0.338 e. The van der Waals surface area contributed by atoms with Crippen LogP contribution in [-0.4, -0.2) is 26.8 Å². The Hall–Kier alpha value is -2.69. The molecule has 0 N–H and O–H groups in total. The van der Waals surface area contributed by atoms with E-state index in [9.17, 15) is 4.79 Å². The molecule has 3 rings (SSSR count). The van der Waals surface area contributed by atoms with Gasteiger partial charge in [0.2, 0.25) is 0 Å². The molecule has 0 radical (unpaired) electrons. The number of methoxy groups -OCH3 is 2. The van der Waals surface area contributed by atoms with Crippen molar-refractivity contribution < 1.29 is 23.4 Å². The number of carbonyl (C=O) groups excluding carboxylic acids is 1. The molecule has 144 valence electrons. The summed E-state index contributed by atoms with van der Waals surface area (Å²) < 4.78 is 22.4. The van der Waals surface area contributed by atoms with Crippen molar-refractivity contribution in [3.63, 3.8) is 0 Å². The highest BCUT2D eigenvalue weighted by atomic mass is 16.5. The van der Waals surface area contributed by atoms with Gasteiger partial charge in [-0.25, -0.2) is 4.79 Å². The fourth-order valence-electron chi connectivity index (χ4n) is 3.68. The van der Waals surface area contributed by atoms with Crippen LogP contribution in [0.3, 0.4) is 0 Å². The van der Waals surface area contributed by atoms with Gasteiger partial charge >= 0.3 is 5.97 Å². The zero-order chi connectivity index (χ0) is 19.7. The van der Waals surface area contributed by atoms with Crippen LogP contribution in [0.4, 0.5) is 0 Å². The Morgan fingerprint density at radius 2 is 1.70 bits per heavy atom. The Labute approximate surface area is 159 Å². The van der Waals surface area contributed by atoms with Crippen molar-refractivity contribution >= 4 is 27.9 Å². The molecule has 5 heteroatoms. The van der Waals surface area contributed by atoms with Gasteiger partial charge in [0.1, 0.15) is 11.2 Å². The van der Waals surface area contributed by atoms with Crippen molar-refractivity contribution in [1.29, 1.82) is 0 Å². The Morgan fingerprint density at radius 3 is 2.30 bits per heavy atom. The molecule has 2 aromatic carbocycles. The average molecular weight is 370 g/mol. The van der Waals surface area contributed by atoms with Gasteiger partial charge < -0.3 is 18.6 Å². The summed E-state index contributed by atoms with van der Waals surface area (Å²) in [6.07, 6.45) is 1.67. The predicted molar refractivity (Wildman–Crippen MR) is 106 cm³/mol. The second kappa shape index (κ2) is 7.51. The quantitative estimate of drug-likeness (QED) is 0.548. The Bertz CT molecular complexity index is 1010. The summed E-state index contributed by atoms with van der Waals surface area (Å²) >= 11 is 0. The molecule has 3 aromatic rings. The van der Waals surface area contributed by atoms with Gasteiger partial charge in [0, 0.05) is 16.8 Å². The van der Waals surface area contributed by atoms with Gasteiger partial charge in [0.25, 0.3) is 0 Å². The summed E-state index contributed by atoms with van der Waals surface area (Å²) in [4.78, 5) is 12.7. The third kappa shape index (κ3) is 3.01. The normalized spacial score (nSPS) is 11.2. The van der Waals surface area contributed by atoms with E-state index in [1.54, 1.807) is 14.2 Å². The fourth-order valence-corrected chi connectivity index (χ4v) is 3.68. The largest absolute Gasteiger partial charge is 0.493 e. The lowest BCUT2D eigenvalue weighted by atomic mass is 9.90. The number of fused-ring (bicyclic) bond motifs is 3. The molecule has 0 atom stereocenters. The summed E-state index contributed by atoms with van der Waals surface area (Å²) in [7, 11) is 3.21. The van der Waals surface area contributed by atoms with Gasteiger partial charge in [0.15, 0.2) is 11.5 Å². The van der Waals surface area contributed by atoms with Crippen LogP contribution in [0.2, 0.25) is 0 Å². The van der Waals surface area contributed by atoms with Gasteiger partial charge in [-0.1, -0.05) is 13.3 Å². The van der Waals surface area contributed by atoms with E-state index in [1.807, 2.05) is 32.9 Å². The van der Waals surface area contributed by atoms with Gasteiger partial charge in [-0.2, -0.15) is 0 Å². The lowest BCUT2D eigenvalue weighted by molar-refractivity contribution is 0.0524. The second-order valence-corrected chi connectivity index (χ2v) is 6.58. The highest BCUT2D eigenvalue weighted by molar-refractivity contribution is 6.12. The molecule has 0 spiro atoms. The monoisotopic (exact) mass is 370 g/mol. The maximum absolute atomic E-state index is 12.7. The lowest BCUT2D eigenvalue weighted by Crippen LogP contribution is -2.12. The topological polar surface area (TPSA) is 57.9 Å². The highest BCUT2D eigenvalue weighted by Crippen LogP contribution is 2.42. The SMILES string of the molecule is CCCc1c(C(=O)OCC)c(C)c(C)c2oc3cc(OC)c(OC)cc3c12. The zero-order valence-corrected chi connectivity index (χ0v) is 16.8. The number of hydrogen-bond acceptors (Lipinski definition) is 5. The van der Waals surface area contributed by atoms with E-state index in [4.69, 9.17) is 18.6 Å². The first-order valence-electron chi connectivity index (χ1n) is 9.25. The molecule has 0 fully saturated rings. The van der Waals surface area contributed by atoms with Crippen LogP contribution in [0.15, 0.2) is 16.5 Å². The molecule has 0 saturated carbocycles. The maximum atomic E-state index is 12.7. The number of benzene rings is 2. The van der Waals surface area contributed by atoms with Crippen LogP contribution >= 0.6 is 0 Å². The Balaban J connectivity index is 2.48. The van der Waals surface area contributed by atoms with Crippen molar-refractivity contribution in [2.75, 3.05) is 20.8 Å². The first kappa shape index (κ1) is 19.1. The van der Waals surface area contributed by atoms with E-state index in [1.165, 1.54) is 0 Å². The third-order valence-electron chi connectivity index (χ3n) is 5.06. The molecular weight excluding hydrogens is 344 g/mol. The zero-order valence-electron chi connectivity index (χ0n) is 16.8. The summed E-state index contributed by atoms with van der Waals surface area (Å²) in [6.45, 7) is 8.20. The summed E-state index contributed by atoms with van der Waals surface area (Å²) in [5, 5.41) is 1.87. The molecule has 0 aliphatic rings. The number of esters is 1. The number of furan rings is 1. The molecule has 1 heterocycles. The van der Waals surface area contributed by atoms with Gasteiger partial charge in [-0.05, 0) is 49.9 Å². The van der Waals surface area contributed by atoms with E-state index in [0.29, 0.717) is 29.3 Å². The van der Waals surface area contributed by atoms with Crippen molar-refractivity contribution in [3.05, 3.63) is 34.4 Å². The van der Waals surface area contributed by atoms with Crippen molar-refractivity contribution in [1.82, 2.24) is 0 Å². The molecule has 0 saturated heterocycles. The maximum Gasteiger partial charge on any atom is 0.338 e. The average Bonchev–Trinajstić information content (AvgIpc) is 3.03. The predicted octanol–water partition coefficient (Wildman–Crippen LogP) is 5.35. The molecule has 0 aliphatic heterocycles. The van der Waals surface area contributed by atoms with Gasteiger partial charge in [-0.15, -0.1) is 0 Å². The molecule has 0 aliphatic carbocycles. The van der Waals surface area contributed by atoms with E-state index < -0.39 is 0 Å². The molecule has 0 unspecified atom stereocenters. The van der Waals surface area contributed by atoms with Crippen LogP contribution in [0.5, 0.6) is 11.5 Å². The van der Waals surface area contributed by atoms with Crippen molar-refractivity contribution in [2.24, 2.45) is 0 Å². The van der Waals surface area contributed by atoms with Crippen molar-refractivity contribution in [3.8, 4) is 11.5 Å². The Kier molecular flexibility index (Phi) is 5.31. The first-order valence-corrected chi connectivity index (χ1v) is 9.25. The van der Waals surface area contributed by atoms with Crippen LogP contribution < -0.4 is 9.47 Å². The van der Waals surface area contributed by atoms with Gasteiger partial charge in [-0.3, -0.25) is 0 Å². The third-order valence-corrected chi connectivity index (χ3v) is 5.06. The number of ether oxygens (including phenoxy) is 3. The van der Waals surface area contributed by atoms with Crippen LogP contribution in [0.25, 0.3) is 21.9 Å². The minimum atomic E-state index is -0.279. The molecule has 5 nitrogen and oxygen atoms in total. The van der Waals surface area contributed by atoms with E-state index in [2.05, 4.69) is 6.92 Å². The standard InChI is InChI=1S/C22H26O5/c1-7-9-14-19(22(23)26-8-2)12(3)13(4)21-20(14)15-10-17(24-5)18(25-6)11-16(15)27-21/h10-11H,7-9H2,1-6H3. The molecule has 0 bridgehead atoms. The second-order valence-electron chi connectivity index (χ2n) is 6.58. The summed E-state index contributed by atoms with van der Waals surface area (Å²) in [6, 6.07) is 3.76. The fraction of sp³-hybridized carbons (Fsp3) is 0.409. The van der Waals surface area contributed by atoms with E-state index in [-0.39, 0.29) is 5.97 Å². The van der Waals surface area contributed by atoms with Crippen LogP contribution in [0, 0.1) is 13.8 Å². The van der Waals surface area contributed by atoms with Crippen LogP contribution in [-0.2, 0) is 11.2 Å². The Morgan fingerprint density at radius 1 is 1.04 bits per heavy atom. The molecular formula is C22H26O5. The highest BCUT2D eigenvalue weighted by Gasteiger charge is 2.25. The molecule has 27 heavy (non-hydrogen) atoms. The lowest BCUT2D eigenvalue weighted by Gasteiger charge is -2.15.